The number of hydrogen-bond donors (Lipinski definition) is 1. The van der Waals surface area contributed by atoms with E-state index in [4.69, 9.17) is 16.3 Å². The zero-order valence-electron chi connectivity index (χ0n) is 14.9. The number of aromatic nitrogens is 3. The fourth-order valence-corrected chi connectivity index (χ4v) is 3.67. The summed E-state index contributed by atoms with van der Waals surface area (Å²) in [6.07, 6.45) is 1.60. The molecule has 6 nitrogen and oxygen atoms in total. The number of hydrogen-bond acceptors (Lipinski definition) is 5. The van der Waals surface area contributed by atoms with Crippen LogP contribution >= 0.6 is 23.4 Å². The van der Waals surface area contributed by atoms with Crippen molar-refractivity contribution in [2.45, 2.75) is 18.1 Å². The first-order valence-electron chi connectivity index (χ1n) is 8.30. The minimum atomic E-state index is -0.182. The molecule has 0 saturated carbocycles. The molecule has 2 aromatic carbocycles. The number of methoxy groups -OCH3 is 1. The fourth-order valence-electron chi connectivity index (χ4n) is 2.63. The molecule has 3 aromatic rings. The van der Waals surface area contributed by atoms with Crippen LogP contribution in [0.5, 0.6) is 5.75 Å². The van der Waals surface area contributed by atoms with Crippen LogP contribution in [0.1, 0.15) is 18.5 Å². The summed E-state index contributed by atoms with van der Waals surface area (Å²) in [6, 6.07) is 14.9. The van der Waals surface area contributed by atoms with Crippen LogP contribution in [0.3, 0.4) is 0 Å². The zero-order chi connectivity index (χ0) is 19.2. The highest BCUT2D eigenvalue weighted by molar-refractivity contribution is 7.99. The van der Waals surface area contributed by atoms with Gasteiger partial charge in [0.25, 0.3) is 0 Å². The molecule has 27 heavy (non-hydrogen) atoms. The van der Waals surface area contributed by atoms with E-state index in [1.165, 1.54) is 11.8 Å². The molecule has 3 rings (SSSR count). The summed E-state index contributed by atoms with van der Waals surface area (Å²) < 4.78 is 7.18. The Kier molecular flexibility index (Phi) is 6.36. The molecule has 0 unspecified atom stereocenters. The predicted molar refractivity (Wildman–Crippen MR) is 107 cm³/mol. The van der Waals surface area contributed by atoms with E-state index in [2.05, 4.69) is 15.5 Å². The molecule has 1 amide bonds. The number of nitrogens with zero attached hydrogens (tertiary/aromatic N) is 3. The molecule has 1 atom stereocenters. The average Bonchev–Trinajstić information content (AvgIpc) is 3.15. The Morgan fingerprint density at radius 3 is 2.78 bits per heavy atom. The highest BCUT2D eigenvalue weighted by Gasteiger charge is 2.15. The van der Waals surface area contributed by atoms with E-state index in [1.54, 1.807) is 18.0 Å². The van der Waals surface area contributed by atoms with Crippen molar-refractivity contribution < 1.29 is 9.53 Å². The molecule has 8 heteroatoms. The van der Waals surface area contributed by atoms with Crippen molar-refractivity contribution in [1.82, 2.24) is 20.1 Å². The van der Waals surface area contributed by atoms with Gasteiger partial charge in [-0.3, -0.25) is 9.36 Å². The van der Waals surface area contributed by atoms with Crippen LogP contribution in [0.2, 0.25) is 5.02 Å². The first-order valence-corrected chi connectivity index (χ1v) is 9.66. The molecule has 0 aliphatic carbocycles. The van der Waals surface area contributed by atoms with E-state index >= 15 is 0 Å². The zero-order valence-corrected chi connectivity index (χ0v) is 16.5. The molecule has 0 fully saturated rings. The van der Waals surface area contributed by atoms with Crippen LogP contribution < -0.4 is 10.1 Å². The quantitative estimate of drug-likeness (QED) is 0.607. The number of halogens is 1. The molecule has 1 aromatic heterocycles. The second kappa shape index (κ2) is 8.92. The van der Waals surface area contributed by atoms with Gasteiger partial charge in [0.15, 0.2) is 5.16 Å². The van der Waals surface area contributed by atoms with Crippen molar-refractivity contribution in [1.29, 1.82) is 0 Å². The molecule has 140 valence electrons. The number of carbonyl (C=O) groups is 1. The van der Waals surface area contributed by atoms with Crippen molar-refractivity contribution in [3.63, 3.8) is 0 Å². The Hall–Kier alpha value is -2.51. The second-order valence-electron chi connectivity index (χ2n) is 5.75. The van der Waals surface area contributed by atoms with E-state index in [9.17, 15) is 4.79 Å². The lowest BCUT2D eigenvalue weighted by atomic mass is 10.1. The third-order valence-corrected chi connectivity index (χ3v) is 5.23. The van der Waals surface area contributed by atoms with E-state index in [1.807, 2.05) is 55.5 Å². The monoisotopic (exact) mass is 402 g/mol. The summed E-state index contributed by atoms with van der Waals surface area (Å²) in [6.45, 7) is 1.90. The molecule has 0 radical (unpaired) electrons. The Labute approximate surface area is 166 Å². The van der Waals surface area contributed by atoms with Gasteiger partial charge in [0.2, 0.25) is 5.91 Å². The van der Waals surface area contributed by atoms with Crippen LogP contribution in [0.25, 0.3) is 5.69 Å². The fraction of sp³-hybridized carbons (Fsp3) is 0.211. The van der Waals surface area contributed by atoms with Crippen LogP contribution in [-0.4, -0.2) is 33.5 Å². The first kappa shape index (κ1) is 19.3. The molecule has 0 saturated heterocycles. The van der Waals surface area contributed by atoms with Crippen molar-refractivity contribution >= 4 is 29.3 Å². The van der Waals surface area contributed by atoms with Crippen LogP contribution in [0.15, 0.2) is 60.0 Å². The van der Waals surface area contributed by atoms with Gasteiger partial charge in [0, 0.05) is 5.02 Å². The van der Waals surface area contributed by atoms with Crippen LogP contribution in [0.4, 0.5) is 0 Å². The first-order chi connectivity index (χ1) is 13.1. The third-order valence-electron chi connectivity index (χ3n) is 3.94. The second-order valence-corrected chi connectivity index (χ2v) is 7.10. The maximum absolute atomic E-state index is 12.3. The number of thioether (sulfide) groups is 1. The van der Waals surface area contributed by atoms with Gasteiger partial charge >= 0.3 is 0 Å². The van der Waals surface area contributed by atoms with E-state index < -0.39 is 0 Å². The highest BCUT2D eigenvalue weighted by Crippen LogP contribution is 2.27. The lowest BCUT2D eigenvalue weighted by Crippen LogP contribution is -2.28. The van der Waals surface area contributed by atoms with Gasteiger partial charge in [0.05, 0.1) is 24.6 Å². The number of carbonyl (C=O) groups excluding carboxylic acids is 1. The Bertz CT molecular complexity index is 931. The van der Waals surface area contributed by atoms with Crippen molar-refractivity contribution in [3.8, 4) is 11.4 Å². The SMILES string of the molecule is COc1ccccc1-n1cnnc1SCC(=O)N[C@@H](C)c1ccccc1Cl. The standard InChI is InChI=1S/C19H19ClN4O2S/c1-13(14-7-3-4-8-15(14)20)22-18(25)11-27-19-23-21-12-24(19)16-9-5-6-10-17(16)26-2/h3-10,12-13H,11H2,1-2H3,(H,22,25)/t13-/m0/s1. The summed E-state index contributed by atoms with van der Waals surface area (Å²) in [5.41, 5.74) is 1.70. The van der Waals surface area contributed by atoms with Gasteiger partial charge in [0.1, 0.15) is 12.1 Å². The smallest absolute Gasteiger partial charge is 0.230 e. The van der Waals surface area contributed by atoms with Crippen molar-refractivity contribution in [2.24, 2.45) is 0 Å². The minimum absolute atomic E-state index is 0.109. The Morgan fingerprint density at radius 1 is 1.26 bits per heavy atom. The Balaban J connectivity index is 1.65. The summed E-state index contributed by atoms with van der Waals surface area (Å²) in [5, 5.41) is 12.3. The predicted octanol–water partition coefficient (Wildman–Crippen LogP) is 3.90. The van der Waals surface area contributed by atoms with Crippen LogP contribution in [-0.2, 0) is 4.79 Å². The lowest BCUT2D eigenvalue weighted by Gasteiger charge is -2.15. The maximum Gasteiger partial charge on any atom is 0.230 e. The minimum Gasteiger partial charge on any atom is -0.495 e. The molecule has 1 N–H and O–H groups in total. The summed E-state index contributed by atoms with van der Waals surface area (Å²) in [7, 11) is 1.61. The number of ether oxygens (including phenoxy) is 1. The highest BCUT2D eigenvalue weighted by atomic mass is 35.5. The van der Waals surface area contributed by atoms with Crippen LogP contribution in [0, 0.1) is 0 Å². The molecular weight excluding hydrogens is 384 g/mol. The van der Waals surface area contributed by atoms with Gasteiger partial charge < -0.3 is 10.1 Å². The molecule has 0 bridgehead atoms. The van der Waals surface area contributed by atoms with Gasteiger partial charge in [-0.1, -0.05) is 53.7 Å². The van der Waals surface area contributed by atoms with Gasteiger partial charge in [-0.2, -0.15) is 0 Å². The van der Waals surface area contributed by atoms with Crippen molar-refractivity contribution in [3.05, 3.63) is 65.4 Å². The maximum atomic E-state index is 12.3. The topological polar surface area (TPSA) is 69.0 Å². The van der Waals surface area contributed by atoms with E-state index in [0.29, 0.717) is 15.9 Å². The number of rotatable bonds is 7. The van der Waals surface area contributed by atoms with Gasteiger partial charge in [-0.25, -0.2) is 0 Å². The molecule has 1 heterocycles. The van der Waals surface area contributed by atoms with Gasteiger partial charge in [-0.05, 0) is 30.7 Å². The van der Waals surface area contributed by atoms with E-state index in [0.717, 1.165) is 11.3 Å². The number of nitrogens with one attached hydrogen (secondary N) is 1. The average molecular weight is 403 g/mol. The normalized spacial score (nSPS) is 11.8. The summed E-state index contributed by atoms with van der Waals surface area (Å²) >= 11 is 7.49. The lowest BCUT2D eigenvalue weighted by molar-refractivity contribution is -0.119. The van der Waals surface area contributed by atoms with Crippen molar-refractivity contribution in [2.75, 3.05) is 12.9 Å². The Morgan fingerprint density at radius 2 is 2.00 bits per heavy atom. The summed E-state index contributed by atoms with van der Waals surface area (Å²) in [4.78, 5) is 12.3. The largest absolute Gasteiger partial charge is 0.495 e. The third kappa shape index (κ3) is 4.61. The van der Waals surface area contributed by atoms with Gasteiger partial charge in [-0.15, -0.1) is 10.2 Å². The molecule has 0 spiro atoms. The molecule has 0 aliphatic rings. The summed E-state index contributed by atoms with van der Waals surface area (Å²) in [5.74, 6) is 0.806. The number of para-hydroxylation sites is 2. The molecular formula is C19H19ClN4O2S. The molecule has 0 aliphatic heterocycles. The number of benzene rings is 2. The number of amides is 1. The van der Waals surface area contributed by atoms with E-state index in [-0.39, 0.29) is 17.7 Å².